The van der Waals surface area contributed by atoms with Crippen LogP contribution in [0.2, 0.25) is 5.02 Å². The number of carbonyl (C=O) groups excluding carboxylic acids is 2. The lowest BCUT2D eigenvalue weighted by molar-refractivity contribution is -0.0576. The maximum absolute atomic E-state index is 15.2. The summed E-state index contributed by atoms with van der Waals surface area (Å²) in [5, 5.41) is 20.8. The SMILES string of the molecule is CNC[C@H](C[C@H]1CC[C@H](F)CC1)NC(=O)N1CCC[C@@H]([C@@](O)(CCCNC(=O)OC)c2cccc(Cl)c2F)C1. The number of nitrogens with one attached hydrogen (secondary N) is 3. The van der Waals surface area contributed by atoms with Gasteiger partial charge in [-0.2, -0.15) is 0 Å². The number of amides is 3. The van der Waals surface area contributed by atoms with Crippen LogP contribution >= 0.6 is 11.6 Å². The first-order valence-electron chi connectivity index (χ1n) is 14.0. The lowest BCUT2D eigenvalue weighted by atomic mass is 9.74. The van der Waals surface area contributed by atoms with E-state index in [4.69, 9.17) is 11.6 Å². The van der Waals surface area contributed by atoms with Crippen LogP contribution in [0.4, 0.5) is 18.4 Å². The Balaban J connectivity index is 1.71. The van der Waals surface area contributed by atoms with Crippen LogP contribution < -0.4 is 16.0 Å². The Morgan fingerprint density at radius 2 is 2.00 bits per heavy atom. The molecule has 1 aliphatic heterocycles. The molecular weight excluding hydrogens is 530 g/mol. The largest absolute Gasteiger partial charge is 0.453 e. The Kier molecular flexibility index (Phi) is 12.1. The second kappa shape index (κ2) is 15.0. The molecule has 1 saturated carbocycles. The van der Waals surface area contributed by atoms with Crippen molar-refractivity contribution < 1.29 is 28.2 Å². The highest BCUT2D eigenvalue weighted by molar-refractivity contribution is 6.30. The van der Waals surface area contributed by atoms with Crippen LogP contribution in [0.1, 0.15) is 63.4 Å². The molecule has 4 N–H and O–H groups in total. The number of likely N-dealkylation sites (N-methyl/N-ethyl adjacent to an activating group) is 1. The van der Waals surface area contributed by atoms with E-state index < -0.39 is 29.6 Å². The van der Waals surface area contributed by atoms with Crippen molar-refractivity contribution in [2.75, 3.05) is 40.3 Å². The number of benzene rings is 1. The monoisotopic (exact) mass is 572 g/mol. The molecule has 39 heavy (non-hydrogen) atoms. The first-order valence-corrected chi connectivity index (χ1v) is 14.4. The third kappa shape index (κ3) is 8.66. The van der Waals surface area contributed by atoms with Gasteiger partial charge in [0.25, 0.3) is 0 Å². The fourth-order valence-corrected chi connectivity index (χ4v) is 6.21. The summed E-state index contributed by atoms with van der Waals surface area (Å²) in [6.45, 7) is 1.62. The summed E-state index contributed by atoms with van der Waals surface area (Å²) in [6, 6.07) is 4.24. The van der Waals surface area contributed by atoms with Gasteiger partial charge in [0.05, 0.1) is 17.7 Å². The van der Waals surface area contributed by atoms with Crippen LogP contribution in [-0.4, -0.2) is 74.7 Å². The molecule has 0 spiro atoms. The number of urea groups is 1. The zero-order valence-electron chi connectivity index (χ0n) is 23.0. The summed E-state index contributed by atoms with van der Waals surface area (Å²) in [7, 11) is 3.10. The number of hydrogen-bond acceptors (Lipinski definition) is 5. The predicted octanol–water partition coefficient (Wildman–Crippen LogP) is 4.73. The van der Waals surface area contributed by atoms with E-state index in [-0.39, 0.29) is 42.2 Å². The predicted molar refractivity (Wildman–Crippen MR) is 147 cm³/mol. The number of nitrogens with zero attached hydrogens (tertiary/aromatic N) is 1. The maximum Gasteiger partial charge on any atom is 0.406 e. The van der Waals surface area contributed by atoms with Gasteiger partial charge in [0, 0.05) is 43.7 Å². The quantitative estimate of drug-likeness (QED) is 0.287. The molecule has 1 aromatic rings. The summed E-state index contributed by atoms with van der Waals surface area (Å²) in [4.78, 5) is 26.5. The number of aliphatic hydroxyl groups is 1. The Hall–Kier alpha value is -2.17. The first kappa shape index (κ1) is 31.4. The second-order valence-corrected chi connectivity index (χ2v) is 11.3. The van der Waals surface area contributed by atoms with E-state index in [9.17, 15) is 19.1 Å². The van der Waals surface area contributed by atoms with Gasteiger partial charge in [0.2, 0.25) is 0 Å². The van der Waals surface area contributed by atoms with Gasteiger partial charge in [0.1, 0.15) is 12.0 Å². The van der Waals surface area contributed by atoms with Crippen LogP contribution in [0, 0.1) is 17.7 Å². The molecule has 2 fully saturated rings. The molecule has 1 saturated heterocycles. The number of rotatable bonds is 11. The van der Waals surface area contributed by atoms with Crippen molar-refractivity contribution in [3.05, 3.63) is 34.6 Å². The number of ether oxygens (including phenoxy) is 1. The number of methoxy groups -OCH3 is 1. The highest BCUT2D eigenvalue weighted by Gasteiger charge is 2.43. The Morgan fingerprint density at radius 1 is 1.26 bits per heavy atom. The van der Waals surface area contributed by atoms with Gasteiger partial charge < -0.3 is 30.7 Å². The van der Waals surface area contributed by atoms with Crippen molar-refractivity contribution in [3.8, 4) is 0 Å². The van der Waals surface area contributed by atoms with E-state index in [1.54, 1.807) is 11.0 Å². The lowest BCUT2D eigenvalue weighted by Gasteiger charge is -2.43. The summed E-state index contributed by atoms with van der Waals surface area (Å²) in [5.41, 5.74) is -1.50. The molecule has 0 bridgehead atoms. The average molecular weight is 573 g/mol. The zero-order chi connectivity index (χ0) is 28.4. The van der Waals surface area contributed by atoms with E-state index in [1.165, 1.54) is 19.2 Å². The van der Waals surface area contributed by atoms with Crippen LogP contribution in [0.25, 0.3) is 0 Å². The number of piperidine rings is 1. The van der Waals surface area contributed by atoms with E-state index in [0.29, 0.717) is 51.1 Å². The molecule has 220 valence electrons. The molecule has 2 aliphatic rings. The van der Waals surface area contributed by atoms with Crippen molar-refractivity contribution >= 4 is 23.7 Å². The normalized spacial score (nSPS) is 23.9. The molecule has 3 rings (SSSR count). The second-order valence-electron chi connectivity index (χ2n) is 10.9. The van der Waals surface area contributed by atoms with Gasteiger partial charge in [0.15, 0.2) is 0 Å². The smallest absolute Gasteiger partial charge is 0.406 e. The van der Waals surface area contributed by atoms with Crippen molar-refractivity contribution in [1.29, 1.82) is 0 Å². The molecule has 0 aromatic heterocycles. The highest BCUT2D eigenvalue weighted by atomic mass is 35.5. The average Bonchev–Trinajstić information content (AvgIpc) is 2.93. The van der Waals surface area contributed by atoms with E-state index in [1.807, 2.05) is 7.05 Å². The van der Waals surface area contributed by atoms with Crippen LogP contribution in [0.15, 0.2) is 18.2 Å². The minimum atomic E-state index is -1.60. The standard InChI is InChI=1S/C28H43ClF2N4O4/c1-32-17-22(16-19-9-11-21(30)12-10-19)34-26(36)35-15-4-6-20(18-35)28(38,13-5-14-33-27(37)39-2)23-7-3-8-24(29)25(23)31/h3,7-8,19-22,32,38H,4-6,9-18H2,1-2H3,(H,33,37)(H,34,36)/t19-,20-,21-,22+,28+/m1/s1. The molecular formula is C28H43ClF2N4O4. The number of hydrogen-bond donors (Lipinski definition) is 4. The lowest BCUT2D eigenvalue weighted by Crippen LogP contribution is -2.54. The third-order valence-electron chi connectivity index (χ3n) is 8.16. The van der Waals surface area contributed by atoms with Crippen LogP contribution in [0.3, 0.4) is 0 Å². The Bertz CT molecular complexity index is 950. The number of carbonyl (C=O) groups is 2. The summed E-state index contributed by atoms with van der Waals surface area (Å²) < 4.78 is 33.4. The van der Waals surface area contributed by atoms with Gasteiger partial charge in [-0.15, -0.1) is 0 Å². The first-order chi connectivity index (χ1) is 18.7. The van der Waals surface area contributed by atoms with E-state index in [2.05, 4.69) is 20.7 Å². The van der Waals surface area contributed by atoms with E-state index >= 15 is 4.39 Å². The molecule has 8 nitrogen and oxygen atoms in total. The number of likely N-dealkylation sites (tertiary alicyclic amines) is 1. The molecule has 11 heteroatoms. The van der Waals surface area contributed by atoms with Gasteiger partial charge in [-0.25, -0.2) is 18.4 Å². The fraction of sp³-hybridized carbons (Fsp3) is 0.714. The molecule has 3 amide bonds. The van der Waals surface area contributed by atoms with Crippen molar-refractivity contribution in [2.45, 2.75) is 75.6 Å². The Labute approximate surface area is 235 Å². The molecule has 1 heterocycles. The van der Waals surface area contributed by atoms with Crippen molar-refractivity contribution in [2.24, 2.45) is 11.8 Å². The van der Waals surface area contributed by atoms with Gasteiger partial charge in [-0.3, -0.25) is 0 Å². The highest BCUT2D eigenvalue weighted by Crippen LogP contribution is 2.41. The molecule has 1 aliphatic carbocycles. The van der Waals surface area contributed by atoms with Gasteiger partial charge in [-0.1, -0.05) is 23.7 Å². The van der Waals surface area contributed by atoms with Crippen molar-refractivity contribution in [3.63, 3.8) is 0 Å². The molecule has 0 radical (unpaired) electrons. The number of alkyl halides is 1. The molecule has 0 unspecified atom stereocenters. The Morgan fingerprint density at radius 3 is 2.69 bits per heavy atom. The minimum Gasteiger partial charge on any atom is -0.453 e. The van der Waals surface area contributed by atoms with Crippen molar-refractivity contribution in [1.82, 2.24) is 20.9 Å². The van der Waals surface area contributed by atoms with Gasteiger partial charge in [-0.05, 0) is 76.8 Å². The number of alkyl carbamates (subject to hydrolysis) is 1. The zero-order valence-corrected chi connectivity index (χ0v) is 23.7. The number of halogens is 3. The molecule has 3 atom stereocenters. The summed E-state index contributed by atoms with van der Waals surface area (Å²) in [6.07, 6.45) is 4.06. The van der Waals surface area contributed by atoms with Crippen LogP contribution in [0.5, 0.6) is 0 Å². The third-order valence-corrected chi connectivity index (χ3v) is 8.46. The molecule has 1 aromatic carbocycles. The topological polar surface area (TPSA) is 103 Å². The van der Waals surface area contributed by atoms with Crippen LogP contribution in [-0.2, 0) is 10.3 Å². The van der Waals surface area contributed by atoms with E-state index in [0.717, 1.165) is 19.3 Å². The minimum absolute atomic E-state index is 0.0827. The summed E-state index contributed by atoms with van der Waals surface area (Å²) >= 11 is 6.07. The van der Waals surface area contributed by atoms with Gasteiger partial charge >= 0.3 is 12.1 Å². The summed E-state index contributed by atoms with van der Waals surface area (Å²) in [5.74, 6) is -0.744. The fourth-order valence-electron chi connectivity index (χ4n) is 6.03. The maximum atomic E-state index is 15.2.